The summed E-state index contributed by atoms with van der Waals surface area (Å²) in [4.78, 5) is 10.9. The summed E-state index contributed by atoms with van der Waals surface area (Å²) >= 11 is 0. The molecular formula is C21H38O2. The molecule has 0 aromatic heterocycles. The molecule has 0 fully saturated rings. The summed E-state index contributed by atoms with van der Waals surface area (Å²) in [6.45, 7) is 2.27. The first-order chi connectivity index (χ1) is 11.3. The summed E-state index contributed by atoms with van der Waals surface area (Å²) in [7, 11) is 1.45. The molecule has 134 valence electrons. The molecule has 0 radical (unpaired) electrons. The number of rotatable bonds is 16. The first-order valence-corrected chi connectivity index (χ1v) is 9.68. The van der Waals surface area contributed by atoms with E-state index < -0.39 is 0 Å². The lowest BCUT2D eigenvalue weighted by atomic mass is 10.1. The van der Waals surface area contributed by atoms with Crippen LogP contribution in [-0.2, 0) is 9.53 Å². The van der Waals surface area contributed by atoms with Crippen molar-refractivity contribution in [3.05, 3.63) is 24.3 Å². The van der Waals surface area contributed by atoms with Gasteiger partial charge in [0.25, 0.3) is 0 Å². The van der Waals surface area contributed by atoms with Crippen LogP contribution in [0.1, 0.15) is 96.8 Å². The summed E-state index contributed by atoms with van der Waals surface area (Å²) in [6.07, 6.45) is 26.0. The highest BCUT2D eigenvalue weighted by atomic mass is 16.5. The zero-order valence-corrected chi connectivity index (χ0v) is 15.5. The maximum absolute atomic E-state index is 10.9. The number of ether oxygens (including phenoxy) is 1. The van der Waals surface area contributed by atoms with E-state index >= 15 is 0 Å². The van der Waals surface area contributed by atoms with Gasteiger partial charge < -0.3 is 4.74 Å². The molecule has 23 heavy (non-hydrogen) atoms. The van der Waals surface area contributed by atoms with Crippen LogP contribution in [0.25, 0.3) is 0 Å². The van der Waals surface area contributed by atoms with Gasteiger partial charge in [-0.3, -0.25) is 4.79 Å². The average Bonchev–Trinajstić information content (AvgIpc) is 2.57. The van der Waals surface area contributed by atoms with Crippen LogP contribution in [-0.4, -0.2) is 13.1 Å². The Labute approximate surface area is 144 Å². The Kier molecular flexibility index (Phi) is 18.1. The lowest BCUT2D eigenvalue weighted by molar-refractivity contribution is -0.140. The van der Waals surface area contributed by atoms with E-state index in [2.05, 4.69) is 36.0 Å². The van der Waals surface area contributed by atoms with Gasteiger partial charge >= 0.3 is 5.97 Å². The van der Waals surface area contributed by atoms with Crippen molar-refractivity contribution in [3.8, 4) is 0 Å². The summed E-state index contributed by atoms with van der Waals surface area (Å²) in [5, 5.41) is 0. The molecule has 0 unspecified atom stereocenters. The molecule has 2 heteroatoms. The van der Waals surface area contributed by atoms with Crippen LogP contribution in [0.5, 0.6) is 0 Å². The maximum Gasteiger partial charge on any atom is 0.305 e. The Morgan fingerprint density at radius 1 is 0.739 bits per heavy atom. The van der Waals surface area contributed by atoms with Crippen molar-refractivity contribution in [1.29, 1.82) is 0 Å². The second kappa shape index (κ2) is 19.0. The molecule has 0 saturated carbocycles. The highest BCUT2D eigenvalue weighted by molar-refractivity contribution is 5.68. The first kappa shape index (κ1) is 21.9. The number of unbranched alkanes of at least 4 members (excludes halogenated alkanes) is 10. The molecule has 0 atom stereocenters. The molecule has 2 nitrogen and oxygen atoms in total. The van der Waals surface area contributed by atoms with Gasteiger partial charge in [-0.2, -0.15) is 0 Å². The monoisotopic (exact) mass is 322 g/mol. The van der Waals surface area contributed by atoms with Crippen LogP contribution in [0.15, 0.2) is 24.3 Å². The molecule has 0 rings (SSSR count). The number of allylic oxidation sites excluding steroid dienone is 4. The number of hydrogen-bond donors (Lipinski definition) is 0. The molecule has 0 amide bonds. The molecule has 0 aliphatic carbocycles. The van der Waals surface area contributed by atoms with Gasteiger partial charge in [0, 0.05) is 6.42 Å². The van der Waals surface area contributed by atoms with E-state index in [9.17, 15) is 4.79 Å². The van der Waals surface area contributed by atoms with Crippen LogP contribution in [0.2, 0.25) is 0 Å². The van der Waals surface area contributed by atoms with Crippen molar-refractivity contribution < 1.29 is 9.53 Å². The minimum atomic E-state index is -0.0855. The van der Waals surface area contributed by atoms with E-state index in [-0.39, 0.29) is 5.97 Å². The van der Waals surface area contributed by atoms with Crippen LogP contribution < -0.4 is 0 Å². The molecule has 0 N–H and O–H groups in total. The van der Waals surface area contributed by atoms with E-state index in [0.29, 0.717) is 6.42 Å². The Morgan fingerprint density at radius 3 is 1.83 bits per heavy atom. The van der Waals surface area contributed by atoms with E-state index in [1.54, 1.807) is 0 Å². The molecule has 0 bridgehead atoms. The second-order valence-corrected chi connectivity index (χ2v) is 6.26. The minimum absolute atomic E-state index is 0.0855. The fourth-order valence-corrected chi connectivity index (χ4v) is 2.54. The highest BCUT2D eigenvalue weighted by Crippen LogP contribution is 2.08. The topological polar surface area (TPSA) is 26.3 Å². The number of hydrogen-bond acceptors (Lipinski definition) is 2. The Hall–Kier alpha value is -1.05. The summed E-state index contributed by atoms with van der Waals surface area (Å²) in [6, 6.07) is 0. The molecule has 0 saturated heterocycles. The fraction of sp³-hybridized carbons (Fsp3) is 0.762. The summed E-state index contributed by atoms with van der Waals surface area (Å²) in [5.41, 5.74) is 0. The number of methoxy groups -OCH3 is 1. The van der Waals surface area contributed by atoms with Crippen LogP contribution in [0, 0.1) is 0 Å². The second-order valence-electron chi connectivity index (χ2n) is 6.26. The standard InChI is InChI=1S/C21H38O2/c1-3-4-5-6-7-8-9-10-11-12-13-14-15-16-17-18-19-20-21(22)23-2/h10-11,13-14H,3-9,12,15-20H2,1-2H3/b11-10+,14-13+. The predicted octanol–water partition coefficient (Wildman–Crippen LogP) is 6.75. The highest BCUT2D eigenvalue weighted by Gasteiger charge is 1.98. The maximum atomic E-state index is 10.9. The van der Waals surface area contributed by atoms with E-state index in [1.165, 1.54) is 64.9 Å². The van der Waals surface area contributed by atoms with Gasteiger partial charge in [-0.25, -0.2) is 0 Å². The zero-order chi connectivity index (χ0) is 17.0. The minimum Gasteiger partial charge on any atom is -0.469 e. The Bertz CT molecular complexity index is 305. The SMILES string of the molecule is CCCCCCCC/C=C/C/C=C/CCCCCCC(=O)OC. The smallest absolute Gasteiger partial charge is 0.305 e. The number of esters is 1. The number of carbonyl (C=O) groups is 1. The lowest BCUT2D eigenvalue weighted by Gasteiger charge is -1.99. The van der Waals surface area contributed by atoms with Gasteiger partial charge in [-0.1, -0.05) is 76.2 Å². The lowest BCUT2D eigenvalue weighted by Crippen LogP contribution is -1.98. The molecule has 0 heterocycles. The van der Waals surface area contributed by atoms with Gasteiger partial charge in [0.1, 0.15) is 0 Å². The normalized spacial score (nSPS) is 11.6. The van der Waals surface area contributed by atoms with Gasteiger partial charge in [0.15, 0.2) is 0 Å². The molecule has 0 aromatic carbocycles. The molecular weight excluding hydrogens is 284 g/mol. The average molecular weight is 323 g/mol. The molecule has 0 aliphatic heterocycles. The van der Waals surface area contributed by atoms with E-state index in [1.807, 2.05) is 0 Å². The van der Waals surface area contributed by atoms with Crippen molar-refractivity contribution in [2.75, 3.05) is 7.11 Å². The van der Waals surface area contributed by atoms with Gasteiger partial charge in [0.2, 0.25) is 0 Å². The van der Waals surface area contributed by atoms with Crippen molar-refractivity contribution in [2.45, 2.75) is 96.8 Å². The quantitative estimate of drug-likeness (QED) is 0.178. The first-order valence-electron chi connectivity index (χ1n) is 9.68. The summed E-state index contributed by atoms with van der Waals surface area (Å²) in [5.74, 6) is -0.0855. The third kappa shape index (κ3) is 18.9. The Morgan fingerprint density at radius 2 is 1.26 bits per heavy atom. The van der Waals surface area contributed by atoms with E-state index in [0.717, 1.165) is 25.7 Å². The van der Waals surface area contributed by atoms with Crippen molar-refractivity contribution in [3.63, 3.8) is 0 Å². The van der Waals surface area contributed by atoms with Gasteiger partial charge in [0.05, 0.1) is 7.11 Å². The van der Waals surface area contributed by atoms with Gasteiger partial charge in [-0.05, 0) is 38.5 Å². The van der Waals surface area contributed by atoms with Crippen LogP contribution >= 0.6 is 0 Å². The van der Waals surface area contributed by atoms with Crippen molar-refractivity contribution in [1.82, 2.24) is 0 Å². The number of carbonyl (C=O) groups excluding carboxylic acids is 1. The van der Waals surface area contributed by atoms with Gasteiger partial charge in [-0.15, -0.1) is 0 Å². The predicted molar refractivity (Wildman–Crippen MR) is 101 cm³/mol. The summed E-state index contributed by atoms with van der Waals surface area (Å²) < 4.78 is 4.62. The van der Waals surface area contributed by atoms with Crippen molar-refractivity contribution in [2.24, 2.45) is 0 Å². The largest absolute Gasteiger partial charge is 0.469 e. The van der Waals surface area contributed by atoms with Crippen molar-refractivity contribution >= 4 is 5.97 Å². The van der Waals surface area contributed by atoms with E-state index in [4.69, 9.17) is 0 Å². The third-order valence-corrected chi connectivity index (χ3v) is 4.06. The van der Waals surface area contributed by atoms with Crippen LogP contribution in [0.3, 0.4) is 0 Å². The zero-order valence-electron chi connectivity index (χ0n) is 15.5. The fourth-order valence-electron chi connectivity index (χ4n) is 2.54. The van der Waals surface area contributed by atoms with Crippen LogP contribution in [0.4, 0.5) is 0 Å². The molecule has 0 spiro atoms. The molecule has 0 aliphatic rings. The third-order valence-electron chi connectivity index (χ3n) is 4.06. The Balaban J connectivity index is 3.21. The molecule has 0 aromatic rings.